The molecule has 0 fully saturated rings. The number of aryl methyl sites for hydroxylation is 1. The van der Waals surface area contributed by atoms with Crippen molar-refractivity contribution in [2.24, 2.45) is 0 Å². The Labute approximate surface area is 142 Å². The largest absolute Gasteiger partial charge is 0.462 e. The fourth-order valence-electron chi connectivity index (χ4n) is 2.21. The molecule has 0 saturated heterocycles. The van der Waals surface area contributed by atoms with Crippen molar-refractivity contribution in [1.29, 1.82) is 0 Å². The van der Waals surface area contributed by atoms with Crippen LogP contribution in [0, 0.1) is 17.4 Å². The van der Waals surface area contributed by atoms with E-state index < -0.39 is 5.97 Å². The van der Waals surface area contributed by atoms with Gasteiger partial charge in [0.05, 0.1) is 12.2 Å². The van der Waals surface area contributed by atoms with Crippen molar-refractivity contribution in [1.82, 2.24) is 4.98 Å². The average molecular weight is 412 g/mol. The molecule has 2 N–H and O–H groups in total. The minimum Gasteiger partial charge on any atom is -0.462 e. The van der Waals surface area contributed by atoms with E-state index in [9.17, 15) is 9.59 Å². The zero-order chi connectivity index (χ0) is 16.3. The second kappa shape index (κ2) is 6.95. The van der Waals surface area contributed by atoms with Crippen LogP contribution in [0.4, 0.5) is 5.69 Å². The number of esters is 1. The SMILES string of the molecule is CCOC(=O)c1c(C)[nH]c(C(=O)Nc2ccc(I)cc2)c1C. The summed E-state index contributed by atoms with van der Waals surface area (Å²) in [5.41, 5.74) is 2.73. The van der Waals surface area contributed by atoms with Crippen LogP contribution < -0.4 is 5.32 Å². The molecule has 0 bridgehead atoms. The molecule has 0 aliphatic carbocycles. The van der Waals surface area contributed by atoms with Crippen LogP contribution >= 0.6 is 22.6 Å². The minimum atomic E-state index is -0.415. The Hall–Kier alpha value is -1.83. The van der Waals surface area contributed by atoms with Crippen LogP contribution in [0.15, 0.2) is 24.3 Å². The normalized spacial score (nSPS) is 10.4. The highest BCUT2D eigenvalue weighted by Gasteiger charge is 2.22. The number of carbonyl (C=O) groups is 2. The van der Waals surface area contributed by atoms with Crippen molar-refractivity contribution in [2.75, 3.05) is 11.9 Å². The molecule has 0 spiro atoms. The molecule has 22 heavy (non-hydrogen) atoms. The molecule has 1 heterocycles. The third-order valence-electron chi connectivity index (χ3n) is 3.25. The summed E-state index contributed by atoms with van der Waals surface area (Å²) in [7, 11) is 0. The maximum atomic E-state index is 12.4. The fraction of sp³-hybridized carbons (Fsp3) is 0.250. The highest BCUT2D eigenvalue weighted by molar-refractivity contribution is 14.1. The first-order valence-electron chi connectivity index (χ1n) is 6.87. The fourth-order valence-corrected chi connectivity index (χ4v) is 2.57. The van der Waals surface area contributed by atoms with Gasteiger partial charge in [-0.05, 0) is 73.2 Å². The molecule has 0 radical (unpaired) electrons. The summed E-state index contributed by atoms with van der Waals surface area (Å²) in [6.45, 7) is 5.53. The molecule has 0 saturated carbocycles. The molecule has 1 amide bonds. The van der Waals surface area contributed by atoms with E-state index in [1.54, 1.807) is 20.8 Å². The van der Waals surface area contributed by atoms with Crippen molar-refractivity contribution < 1.29 is 14.3 Å². The first kappa shape index (κ1) is 16.5. The van der Waals surface area contributed by atoms with Crippen LogP contribution in [-0.2, 0) is 4.74 Å². The zero-order valence-corrected chi connectivity index (χ0v) is 14.8. The molecule has 5 nitrogen and oxygen atoms in total. The van der Waals surface area contributed by atoms with Crippen molar-refractivity contribution in [2.45, 2.75) is 20.8 Å². The predicted octanol–water partition coefficient (Wildman–Crippen LogP) is 3.67. The summed E-state index contributed by atoms with van der Waals surface area (Å²) < 4.78 is 6.11. The molecule has 2 rings (SSSR count). The van der Waals surface area contributed by atoms with Gasteiger partial charge in [0.2, 0.25) is 0 Å². The topological polar surface area (TPSA) is 71.2 Å². The standard InChI is InChI=1S/C16H17IN2O3/c1-4-22-16(21)13-9(2)14(18-10(13)3)15(20)19-12-7-5-11(17)6-8-12/h5-8,18H,4H2,1-3H3,(H,19,20). The van der Waals surface area contributed by atoms with Gasteiger partial charge < -0.3 is 15.0 Å². The number of aromatic amines is 1. The number of aromatic nitrogens is 1. The maximum absolute atomic E-state index is 12.4. The van der Waals surface area contributed by atoms with Crippen LogP contribution in [0.1, 0.15) is 39.0 Å². The van der Waals surface area contributed by atoms with Crippen molar-refractivity contribution in [3.8, 4) is 0 Å². The van der Waals surface area contributed by atoms with E-state index in [1.165, 1.54) is 0 Å². The molecular formula is C16H17IN2O3. The highest BCUT2D eigenvalue weighted by atomic mass is 127. The number of hydrogen-bond donors (Lipinski definition) is 2. The number of amides is 1. The Morgan fingerprint density at radius 2 is 1.86 bits per heavy atom. The second-order valence-electron chi connectivity index (χ2n) is 4.81. The zero-order valence-electron chi connectivity index (χ0n) is 12.6. The molecule has 0 atom stereocenters. The summed E-state index contributed by atoms with van der Waals surface area (Å²) in [6.07, 6.45) is 0. The summed E-state index contributed by atoms with van der Waals surface area (Å²) in [5.74, 6) is -0.695. The Bertz CT molecular complexity index is 705. The van der Waals surface area contributed by atoms with Gasteiger partial charge >= 0.3 is 5.97 Å². The van der Waals surface area contributed by atoms with Crippen LogP contribution in [0.25, 0.3) is 0 Å². The minimum absolute atomic E-state index is 0.280. The summed E-state index contributed by atoms with van der Waals surface area (Å²) in [5, 5.41) is 2.81. The van der Waals surface area contributed by atoms with E-state index in [1.807, 2.05) is 24.3 Å². The average Bonchev–Trinajstić information content (AvgIpc) is 2.77. The van der Waals surface area contributed by atoms with Gasteiger partial charge in [-0.1, -0.05) is 0 Å². The molecule has 116 valence electrons. The first-order valence-corrected chi connectivity index (χ1v) is 7.95. The maximum Gasteiger partial charge on any atom is 0.340 e. The number of ether oxygens (including phenoxy) is 1. The number of rotatable bonds is 4. The Balaban J connectivity index is 2.25. The highest BCUT2D eigenvalue weighted by Crippen LogP contribution is 2.20. The molecule has 0 aliphatic heterocycles. The van der Waals surface area contributed by atoms with Crippen molar-refractivity contribution in [3.63, 3.8) is 0 Å². The van der Waals surface area contributed by atoms with Crippen LogP contribution in [0.5, 0.6) is 0 Å². The van der Waals surface area contributed by atoms with Gasteiger partial charge in [-0.15, -0.1) is 0 Å². The Morgan fingerprint density at radius 1 is 1.23 bits per heavy atom. The lowest BCUT2D eigenvalue weighted by Gasteiger charge is -2.05. The lowest BCUT2D eigenvalue weighted by molar-refractivity contribution is 0.0525. The molecule has 0 aliphatic rings. The number of hydrogen-bond acceptors (Lipinski definition) is 3. The number of H-pyrrole nitrogens is 1. The molecule has 2 aromatic rings. The molecule has 1 aromatic heterocycles. The molecular weight excluding hydrogens is 395 g/mol. The van der Waals surface area contributed by atoms with Gasteiger partial charge in [0.25, 0.3) is 5.91 Å². The third kappa shape index (κ3) is 3.49. The number of halogens is 1. The number of nitrogens with one attached hydrogen (secondary N) is 2. The van der Waals surface area contributed by atoms with Gasteiger partial charge in [0, 0.05) is 15.0 Å². The quantitative estimate of drug-likeness (QED) is 0.595. The van der Waals surface area contributed by atoms with Crippen LogP contribution in [0.3, 0.4) is 0 Å². The Morgan fingerprint density at radius 3 is 2.45 bits per heavy atom. The number of anilines is 1. The number of carbonyl (C=O) groups excluding carboxylic acids is 2. The Kier molecular flexibility index (Phi) is 5.23. The van der Waals surface area contributed by atoms with E-state index in [0.29, 0.717) is 34.8 Å². The number of benzene rings is 1. The van der Waals surface area contributed by atoms with Crippen molar-refractivity contribution in [3.05, 3.63) is 50.4 Å². The lowest BCUT2D eigenvalue weighted by atomic mass is 10.1. The van der Waals surface area contributed by atoms with Crippen LogP contribution in [0.2, 0.25) is 0 Å². The predicted molar refractivity (Wildman–Crippen MR) is 93.3 cm³/mol. The smallest absolute Gasteiger partial charge is 0.340 e. The summed E-state index contributed by atoms with van der Waals surface area (Å²) in [4.78, 5) is 27.3. The van der Waals surface area contributed by atoms with Gasteiger partial charge in [0.15, 0.2) is 0 Å². The van der Waals surface area contributed by atoms with Gasteiger partial charge in [0.1, 0.15) is 5.69 Å². The molecule has 1 aromatic carbocycles. The summed E-state index contributed by atoms with van der Waals surface area (Å²) in [6, 6.07) is 7.48. The van der Waals surface area contributed by atoms with Crippen molar-refractivity contribution >= 4 is 40.2 Å². The van der Waals surface area contributed by atoms with Gasteiger partial charge in [-0.3, -0.25) is 4.79 Å². The third-order valence-corrected chi connectivity index (χ3v) is 3.97. The van der Waals surface area contributed by atoms with E-state index >= 15 is 0 Å². The molecule has 0 unspecified atom stereocenters. The summed E-state index contributed by atoms with van der Waals surface area (Å²) >= 11 is 2.20. The molecule has 6 heteroatoms. The second-order valence-corrected chi connectivity index (χ2v) is 6.05. The lowest BCUT2D eigenvalue weighted by Crippen LogP contribution is -2.14. The van der Waals surface area contributed by atoms with Crippen LogP contribution in [-0.4, -0.2) is 23.5 Å². The van der Waals surface area contributed by atoms with Gasteiger partial charge in [-0.25, -0.2) is 4.79 Å². The van der Waals surface area contributed by atoms with Gasteiger partial charge in [-0.2, -0.15) is 0 Å². The van der Waals surface area contributed by atoms with E-state index in [0.717, 1.165) is 3.57 Å². The van der Waals surface area contributed by atoms with E-state index in [2.05, 4.69) is 32.9 Å². The first-order chi connectivity index (χ1) is 10.4. The van der Waals surface area contributed by atoms with E-state index in [-0.39, 0.29) is 5.91 Å². The van der Waals surface area contributed by atoms with E-state index in [4.69, 9.17) is 4.74 Å². The monoisotopic (exact) mass is 412 g/mol.